The third kappa shape index (κ3) is 3.73. The molecule has 2 rings (SSSR count). The van der Waals surface area contributed by atoms with E-state index < -0.39 is 0 Å². The van der Waals surface area contributed by atoms with Crippen LogP contribution in [0.2, 0.25) is 5.02 Å². The van der Waals surface area contributed by atoms with E-state index in [-0.39, 0.29) is 0 Å². The second-order valence-electron chi connectivity index (χ2n) is 5.46. The fraction of sp³-hybridized carbons (Fsp3) is 0.625. The molecule has 1 N–H and O–H groups in total. The number of hydrogen-bond donors (Lipinski definition) is 1. The molecule has 1 aliphatic carbocycles. The van der Waals surface area contributed by atoms with E-state index in [1.165, 1.54) is 31.2 Å². The van der Waals surface area contributed by atoms with E-state index in [0.29, 0.717) is 6.04 Å². The van der Waals surface area contributed by atoms with Crippen LogP contribution in [0.1, 0.15) is 51.1 Å². The molecular weight excluding hydrogens is 242 g/mol. The summed E-state index contributed by atoms with van der Waals surface area (Å²) in [6.07, 6.45) is 5.26. The Bertz CT molecular complexity index is 352. The average Bonchev–Trinajstić information content (AvgIpc) is 3.21. The molecule has 18 heavy (non-hydrogen) atoms. The minimum Gasteiger partial charge on any atom is -0.309 e. The van der Waals surface area contributed by atoms with Crippen LogP contribution in [0.3, 0.4) is 0 Å². The van der Waals surface area contributed by atoms with Crippen LogP contribution in [0, 0.1) is 11.8 Å². The first kappa shape index (κ1) is 13.9. The molecule has 0 aromatic heterocycles. The maximum Gasteiger partial charge on any atom is 0.0406 e. The Labute approximate surface area is 116 Å². The fourth-order valence-electron chi connectivity index (χ4n) is 2.53. The van der Waals surface area contributed by atoms with Crippen LogP contribution in [0.4, 0.5) is 0 Å². The van der Waals surface area contributed by atoms with Crippen LogP contribution < -0.4 is 5.32 Å². The fourth-order valence-corrected chi connectivity index (χ4v) is 2.65. The van der Waals surface area contributed by atoms with Gasteiger partial charge in [-0.2, -0.15) is 0 Å². The lowest BCUT2D eigenvalue weighted by molar-refractivity contribution is 0.391. The van der Waals surface area contributed by atoms with Crippen molar-refractivity contribution in [2.75, 3.05) is 6.54 Å². The molecule has 0 aliphatic heterocycles. The molecule has 100 valence electrons. The van der Waals surface area contributed by atoms with E-state index in [9.17, 15) is 0 Å². The Morgan fingerprint density at radius 3 is 2.28 bits per heavy atom. The molecule has 1 fully saturated rings. The Balaban J connectivity index is 1.98. The minimum absolute atomic E-state index is 0.530. The van der Waals surface area contributed by atoms with E-state index in [1.54, 1.807) is 0 Å². The molecule has 1 unspecified atom stereocenters. The van der Waals surface area contributed by atoms with Crippen molar-refractivity contribution in [1.82, 2.24) is 5.32 Å². The summed E-state index contributed by atoms with van der Waals surface area (Å²) in [5.74, 6) is 1.64. The van der Waals surface area contributed by atoms with Gasteiger partial charge >= 0.3 is 0 Å². The molecule has 1 atom stereocenters. The Morgan fingerprint density at radius 2 is 1.78 bits per heavy atom. The largest absolute Gasteiger partial charge is 0.309 e. The summed E-state index contributed by atoms with van der Waals surface area (Å²) in [5, 5.41) is 4.60. The summed E-state index contributed by atoms with van der Waals surface area (Å²) in [5.41, 5.74) is 1.40. The number of benzene rings is 1. The highest BCUT2D eigenvalue weighted by Crippen LogP contribution is 2.41. The third-order valence-electron chi connectivity index (χ3n) is 4.10. The Kier molecular flexibility index (Phi) is 5.08. The van der Waals surface area contributed by atoms with Crippen LogP contribution in [0.5, 0.6) is 0 Å². The summed E-state index contributed by atoms with van der Waals surface area (Å²) in [7, 11) is 0. The molecule has 0 amide bonds. The van der Waals surface area contributed by atoms with Gasteiger partial charge in [0.05, 0.1) is 0 Å². The second-order valence-corrected chi connectivity index (χ2v) is 5.89. The maximum atomic E-state index is 5.96. The number of nitrogens with one attached hydrogen (secondary N) is 1. The molecule has 0 radical (unpaired) electrons. The van der Waals surface area contributed by atoms with Crippen LogP contribution in [-0.4, -0.2) is 6.54 Å². The van der Waals surface area contributed by atoms with Gasteiger partial charge in [0.25, 0.3) is 0 Å². The first-order chi connectivity index (χ1) is 8.74. The zero-order valence-electron chi connectivity index (χ0n) is 11.5. The lowest BCUT2D eigenvalue weighted by Crippen LogP contribution is -2.28. The van der Waals surface area contributed by atoms with Gasteiger partial charge in [0, 0.05) is 11.1 Å². The topological polar surface area (TPSA) is 12.0 Å². The van der Waals surface area contributed by atoms with Gasteiger partial charge in [0.2, 0.25) is 0 Å². The highest BCUT2D eigenvalue weighted by Gasteiger charge is 2.32. The van der Waals surface area contributed by atoms with Gasteiger partial charge in [-0.05, 0) is 48.9 Å². The predicted molar refractivity (Wildman–Crippen MR) is 79.0 cm³/mol. The molecule has 1 aromatic rings. The summed E-state index contributed by atoms with van der Waals surface area (Å²) in [6, 6.07) is 8.88. The minimum atomic E-state index is 0.530. The summed E-state index contributed by atoms with van der Waals surface area (Å²) >= 11 is 5.96. The summed E-state index contributed by atoms with van der Waals surface area (Å²) in [4.78, 5) is 0. The molecule has 2 heteroatoms. The molecule has 1 nitrogen and oxygen atoms in total. The first-order valence-electron chi connectivity index (χ1n) is 7.23. The van der Waals surface area contributed by atoms with Gasteiger partial charge in [0.15, 0.2) is 0 Å². The molecule has 0 spiro atoms. The molecule has 1 aliphatic rings. The molecular formula is C16H24ClN. The monoisotopic (exact) mass is 265 g/mol. The first-order valence-corrected chi connectivity index (χ1v) is 7.61. The number of hydrogen-bond acceptors (Lipinski definition) is 1. The third-order valence-corrected chi connectivity index (χ3v) is 4.36. The van der Waals surface area contributed by atoms with Crippen LogP contribution >= 0.6 is 11.6 Å². The lowest BCUT2D eigenvalue weighted by Gasteiger charge is -2.22. The van der Waals surface area contributed by atoms with Crippen molar-refractivity contribution >= 4 is 11.6 Å². The highest BCUT2D eigenvalue weighted by molar-refractivity contribution is 6.30. The summed E-state index contributed by atoms with van der Waals surface area (Å²) < 4.78 is 0. The van der Waals surface area contributed by atoms with Gasteiger partial charge < -0.3 is 5.32 Å². The zero-order valence-corrected chi connectivity index (χ0v) is 12.2. The molecule has 0 heterocycles. The van der Waals surface area contributed by atoms with Crippen molar-refractivity contribution in [3.63, 3.8) is 0 Å². The number of rotatable bonds is 7. The van der Waals surface area contributed by atoms with Crippen molar-refractivity contribution in [3.05, 3.63) is 34.9 Å². The molecule has 1 saturated carbocycles. The SMILES string of the molecule is CCC(CC)CNC(c1ccc(Cl)cc1)C1CC1. The zero-order chi connectivity index (χ0) is 13.0. The van der Waals surface area contributed by atoms with E-state index >= 15 is 0 Å². The molecule has 0 bridgehead atoms. The van der Waals surface area contributed by atoms with E-state index in [1.807, 2.05) is 12.1 Å². The highest BCUT2D eigenvalue weighted by atomic mass is 35.5. The van der Waals surface area contributed by atoms with Gasteiger partial charge in [-0.3, -0.25) is 0 Å². The second kappa shape index (κ2) is 6.58. The van der Waals surface area contributed by atoms with Gasteiger partial charge in [-0.25, -0.2) is 0 Å². The summed E-state index contributed by atoms with van der Waals surface area (Å²) in [6.45, 7) is 5.70. The van der Waals surface area contributed by atoms with E-state index in [2.05, 4.69) is 31.3 Å². The van der Waals surface area contributed by atoms with E-state index in [0.717, 1.165) is 23.4 Å². The average molecular weight is 266 g/mol. The quantitative estimate of drug-likeness (QED) is 0.746. The molecule has 0 saturated heterocycles. The smallest absolute Gasteiger partial charge is 0.0406 e. The van der Waals surface area contributed by atoms with Gasteiger partial charge in [-0.15, -0.1) is 0 Å². The predicted octanol–water partition coefficient (Wildman–Crippen LogP) is 4.82. The van der Waals surface area contributed by atoms with Crippen LogP contribution in [-0.2, 0) is 0 Å². The van der Waals surface area contributed by atoms with Gasteiger partial charge in [-0.1, -0.05) is 50.4 Å². The Hall–Kier alpha value is -0.530. The van der Waals surface area contributed by atoms with Crippen molar-refractivity contribution < 1.29 is 0 Å². The lowest BCUT2D eigenvalue weighted by atomic mass is 9.99. The van der Waals surface area contributed by atoms with Gasteiger partial charge in [0.1, 0.15) is 0 Å². The van der Waals surface area contributed by atoms with Crippen molar-refractivity contribution in [1.29, 1.82) is 0 Å². The maximum absolute atomic E-state index is 5.96. The van der Waals surface area contributed by atoms with E-state index in [4.69, 9.17) is 11.6 Å². The van der Waals surface area contributed by atoms with Crippen molar-refractivity contribution in [2.45, 2.75) is 45.6 Å². The van der Waals surface area contributed by atoms with Crippen molar-refractivity contribution in [3.8, 4) is 0 Å². The number of halogens is 1. The Morgan fingerprint density at radius 1 is 1.17 bits per heavy atom. The van der Waals surface area contributed by atoms with Crippen molar-refractivity contribution in [2.24, 2.45) is 11.8 Å². The van der Waals surface area contributed by atoms with Crippen LogP contribution in [0.25, 0.3) is 0 Å². The normalized spacial score (nSPS) is 17.1. The standard InChI is InChI=1S/C16H24ClN/c1-3-12(4-2)11-18-16(13-5-6-13)14-7-9-15(17)10-8-14/h7-10,12-13,16,18H,3-6,11H2,1-2H3. The molecule has 1 aromatic carbocycles. The van der Waals surface area contributed by atoms with Crippen LogP contribution in [0.15, 0.2) is 24.3 Å².